The number of nitrogens with zero attached hydrogens (tertiary/aromatic N) is 1. The molecule has 0 aromatic heterocycles. The van der Waals surface area contributed by atoms with E-state index >= 15 is 0 Å². The van der Waals surface area contributed by atoms with E-state index in [9.17, 15) is 4.57 Å². The van der Waals surface area contributed by atoms with Gasteiger partial charge in [-0.15, -0.1) is 4.67 Å². The molecule has 6 nitrogen and oxygen atoms in total. The van der Waals surface area contributed by atoms with Gasteiger partial charge in [0.15, 0.2) is 0 Å². The Labute approximate surface area is 95.1 Å². The predicted octanol–water partition coefficient (Wildman–Crippen LogP) is 2.89. The second kappa shape index (κ2) is 6.81. The van der Waals surface area contributed by atoms with E-state index in [2.05, 4.69) is 13.6 Å². The van der Waals surface area contributed by atoms with Gasteiger partial charge in [-0.25, -0.2) is 9.45 Å². The molecule has 0 spiro atoms. The van der Waals surface area contributed by atoms with E-state index in [4.69, 9.17) is 16.5 Å². The van der Waals surface area contributed by atoms with Crippen LogP contribution in [-0.2, 0) is 22.8 Å². The summed E-state index contributed by atoms with van der Waals surface area (Å²) in [5.74, 6) is 0. The molecule has 8 heteroatoms. The van der Waals surface area contributed by atoms with Crippen molar-refractivity contribution in [3.8, 4) is 0 Å². The Morgan fingerprint density at radius 3 is 1.93 bits per heavy atom. The Morgan fingerprint density at radius 2 is 1.67 bits per heavy atom. The van der Waals surface area contributed by atoms with Gasteiger partial charge in [0.05, 0.1) is 19.0 Å². The second-order valence-corrected chi connectivity index (χ2v) is 5.15. The topological polar surface area (TPSA) is 57.2 Å². The number of rotatable bonds is 7. The highest BCUT2D eigenvalue weighted by Gasteiger charge is 2.34. The lowest BCUT2D eigenvalue weighted by molar-refractivity contribution is -0.225. The number of hydrogen-bond donors (Lipinski definition) is 0. The Balaban J connectivity index is 4.55. The molecule has 0 radical (unpaired) electrons. The number of hydroxylamine groups is 2. The fourth-order valence-corrected chi connectivity index (χ4v) is 2.04. The summed E-state index contributed by atoms with van der Waals surface area (Å²) in [6.45, 7) is 7.47. The Hall–Kier alpha value is 0.320. The van der Waals surface area contributed by atoms with E-state index in [-0.39, 0.29) is 12.1 Å². The zero-order chi connectivity index (χ0) is 12.1. The minimum atomic E-state index is -3.90. The summed E-state index contributed by atoms with van der Waals surface area (Å²) in [6, 6.07) is -0.0174. The smallest absolute Gasteiger partial charge is 0.230 e. The van der Waals surface area contributed by atoms with Gasteiger partial charge < -0.3 is 0 Å². The number of halogens is 1. The van der Waals surface area contributed by atoms with E-state index in [0.29, 0.717) is 0 Å². The highest BCUT2D eigenvalue weighted by molar-refractivity contribution is 7.49. The van der Waals surface area contributed by atoms with E-state index < -0.39 is 7.82 Å². The minimum absolute atomic E-state index is 0.00871. The first-order valence-corrected chi connectivity index (χ1v) is 6.24. The zero-order valence-electron chi connectivity index (χ0n) is 9.47. The fourth-order valence-electron chi connectivity index (χ4n) is 1.03. The molecule has 0 saturated carbocycles. The third-order valence-corrected chi connectivity index (χ3v) is 2.86. The molecule has 0 rings (SSSR count). The molecule has 0 bridgehead atoms. The van der Waals surface area contributed by atoms with Gasteiger partial charge in [0.2, 0.25) is 0 Å². The molecular weight excluding hydrogens is 245 g/mol. The normalized spacial score (nSPS) is 16.3. The SMILES string of the molecule is COOP(=O)(OCl)ON(C(C)C)C(C)C. The maximum absolute atomic E-state index is 11.6. The average Bonchev–Trinajstić information content (AvgIpc) is 2.14. The molecule has 0 heterocycles. The summed E-state index contributed by atoms with van der Waals surface area (Å²) in [5, 5.41) is 1.45. The fraction of sp³-hybridized carbons (Fsp3) is 1.00. The predicted molar refractivity (Wildman–Crippen MR) is 55.8 cm³/mol. The lowest BCUT2D eigenvalue weighted by Gasteiger charge is -2.29. The molecule has 0 aliphatic heterocycles. The molecular formula is C7H17ClNO5P. The third kappa shape index (κ3) is 5.26. The van der Waals surface area contributed by atoms with Gasteiger partial charge in [-0.05, 0) is 27.7 Å². The van der Waals surface area contributed by atoms with E-state index in [1.165, 1.54) is 12.2 Å². The molecule has 0 fully saturated rings. The summed E-state index contributed by atoms with van der Waals surface area (Å²) >= 11 is 5.02. The van der Waals surface area contributed by atoms with Gasteiger partial charge in [0, 0.05) is 12.1 Å². The Morgan fingerprint density at radius 1 is 1.20 bits per heavy atom. The first-order chi connectivity index (χ1) is 6.86. The van der Waals surface area contributed by atoms with Crippen molar-refractivity contribution in [2.24, 2.45) is 0 Å². The summed E-state index contributed by atoms with van der Waals surface area (Å²) in [5.41, 5.74) is 0. The van der Waals surface area contributed by atoms with Gasteiger partial charge in [-0.1, -0.05) is 0 Å². The maximum Gasteiger partial charge on any atom is 0.535 e. The largest absolute Gasteiger partial charge is 0.535 e. The maximum atomic E-state index is 11.6. The van der Waals surface area contributed by atoms with Crippen LogP contribution in [0.1, 0.15) is 27.7 Å². The van der Waals surface area contributed by atoms with Crippen LogP contribution in [0.3, 0.4) is 0 Å². The molecule has 0 aliphatic rings. The van der Waals surface area contributed by atoms with Crippen LogP contribution in [0, 0.1) is 0 Å². The summed E-state index contributed by atoms with van der Waals surface area (Å²) in [4.78, 5) is 4.23. The first kappa shape index (κ1) is 15.3. The van der Waals surface area contributed by atoms with Crippen molar-refractivity contribution in [3.05, 3.63) is 0 Å². The van der Waals surface area contributed by atoms with Gasteiger partial charge >= 0.3 is 7.82 Å². The van der Waals surface area contributed by atoms with Crippen molar-refractivity contribution in [2.45, 2.75) is 39.8 Å². The van der Waals surface area contributed by atoms with Crippen LogP contribution in [0.25, 0.3) is 0 Å². The lowest BCUT2D eigenvalue weighted by Crippen LogP contribution is -2.36. The molecule has 1 atom stereocenters. The van der Waals surface area contributed by atoms with Crippen LogP contribution in [0.2, 0.25) is 0 Å². The molecule has 0 N–H and O–H groups in total. The van der Waals surface area contributed by atoms with Crippen molar-refractivity contribution in [1.82, 2.24) is 5.06 Å². The number of hydrogen-bond acceptors (Lipinski definition) is 6. The summed E-state index contributed by atoms with van der Waals surface area (Å²) in [6.07, 6.45) is 0. The molecule has 0 aliphatic carbocycles. The summed E-state index contributed by atoms with van der Waals surface area (Å²) < 4.78 is 25.1. The zero-order valence-corrected chi connectivity index (χ0v) is 11.1. The number of phosphoric acid groups is 1. The van der Waals surface area contributed by atoms with Crippen LogP contribution in [0.15, 0.2) is 0 Å². The van der Waals surface area contributed by atoms with E-state index in [1.807, 2.05) is 27.7 Å². The highest BCUT2D eigenvalue weighted by Crippen LogP contribution is 2.52. The average molecular weight is 262 g/mol. The van der Waals surface area contributed by atoms with Crippen LogP contribution >= 0.6 is 19.7 Å². The molecule has 1 unspecified atom stereocenters. The standard InChI is InChI=1S/C7H17ClNO5P/c1-6(2)9(7(3)4)13-15(10,12-8)14-11-5/h6-7H,1-5H3. The molecule has 0 saturated heterocycles. The van der Waals surface area contributed by atoms with Crippen LogP contribution in [0.4, 0.5) is 0 Å². The lowest BCUT2D eigenvalue weighted by atomic mass is 10.3. The molecule has 15 heavy (non-hydrogen) atoms. The second-order valence-electron chi connectivity index (χ2n) is 3.39. The quantitative estimate of drug-likeness (QED) is 0.399. The van der Waals surface area contributed by atoms with Crippen molar-refractivity contribution >= 4 is 19.7 Å². The van der Waals surface area contributed by atoms with Gasteiger partial charge in [0.1, 0.15) is 0 Å². The molecule has 92 valence electrons. The van der Waals surface area contributed by atoms with Crippen molar-refractivity contribution in [2.75, 3.05) is 7.11 Å². The van der Waals surface area contributed by atoms with Gasteiger partial charge in [-0.3, -0.25) is 0 Å². The van der Waals surface area contributed by atoms with Gasteiger partial charge in [0.25, 0.3) is 0 Å². The van der Waals surface area contributed by atoms with Crippen LogP contribution in [-0.4, -0.2) is 24.3 Å². The monoisotopic (exact) mass is 261 g/mol. The van der Waals surface area contributed by atoms with E-state index in [0.717, 1.165) is 0 Å². The van der Waals surface area contributed by atoms with Crippen LogP contribution < -0.4 is 0 Å². The Kier molecular flexibility index (Phi) is 6.95. The van der Waals surface area contributed by atoms with Crippen LogP contribution in [0.5, 0.6) is 0 Å². The highest BCUT2D eigenvalue weighted by atomic mass is 35.5. The van der Waals surface area contributed by atoms with Crippen molar-refractivity contribution < 1.29 is 22.8 Å². The first-order valence-electron chi connectivity index (χ1n) is 4.47. The van der Waals surface area contributed by atoms with Gasteiger partial charge in [-0.2, -0.15) is 13.8 Å². The van der Waals surface area contributed by atoms with Crippen molar-refractivity contribution in [3.63, 3.8) is 0 Å². The minimum Gasteiger partial charge on any atom is -0.230 e. The van der Waals surface area contributed by atoms with Crippen molar-refractivity contribution in [1.29, 1.82) is 0 Å². The van der Waals surface area contributed by atoms with E-state index in [1.54, 1.807) is 0 Å². The summed E-state index contributed by atoms with van der Waals surface area (Å²) in [7, 11) is -2.71. The Bertz CT molecular complexity index is 217. The molecule has 0 amide bonds. The molecule has 0 aromatic carbocycles. The third-order valence-electron chi connectivity index (χ3n) is 1.46. The molecule has 0 aromatic rings.